The highest BCUT2D eigenvalue weighted by Crippen LogP contribution is 2.25. The molecule has 2 heterocycles. The van der Waals surface area contributed by atoms with Crippen molar-refractivity contribution in [3.05, 3.63) is 10.4 Å². The van der Waals surface area contributed by atoms with E-state index >= 15 is 0 Å². The summed E-state index contributed by atoms with van der Waals surface area (Å²) < 4.78 is 0. The fraction of sp³-hybridized carbons (Fsp3) is 0.375. The summed E-state index contributed by atoms with van der Waals surface area (Å²) in [5.74, 6) is 0.0196. The fourth-order valence-corrected chi connectivity index (χ4v) is 1.32. The molecule has 1 aromatic rings. The van der Waals surface area contributed by atoms with Gasteiger partial charge >= 0.3 is 0 Å². The Labute approximate surface area is 85.1 Å². The van der Waals surface area contributed by atoms with Crippen molar-refractivity contribution < 1.29 is 4.79 Å². The summed E-state index contributed by atoms with van der Waals surface area (Å²) in [5.41, 5.74) is 4.22. The lowest BCUT2D eigenvalue weighted by Gasteiger charge is -2.31. The maximum Gasteiger partial charge on any atom is 0.278 e. The Morgan fingerprint density at radius 2 is 2.00 bits per heavy atom. The van der Waals surface area contributed by atoms with Gasteiger partial charge in [0, 0.05) is 0 Å². The van der Waals surface area contributed by atoms with Crippen LogP contribution < -0.4 is 21.9 Å². The molecular weight excluding hydrogens is 198 g/mol. The molecule has 0 saturated carbocycles. The van der Waals surface area contributed by atoms with E-state index in [4.69, 9.17) is 5.73 Å². The van der Waals surface area contributed by atoms with Gasteiger partial charge in [-0.05, 0) is 13.8 Å². The third-order valence-electron chi connectivity index (χ3n) is 2.17. The van der Waals surface area contributed by atoms with Crippen molar-refractivity contribution in [2.24, 2.45) is 0 Å². The van der Waals surface area contributed by atoms with Crippen molar-refractivity contribution in [2.75, 3.05) is 16.4 Å². The molecule has 5 N–H and O–H groups in total. The van der Waals surface area contributed by atoms with Crippen molar-refractivity contribution in [1.82, 2.24) is 9.97 Å². The van der Waals surface area contributed by atoms with E-state index < -0.39 is 11.1 Å². The minimum Gasteiger partial charge on any atom is -0.369 e. The van der Waals surface area contributed by atoms with E-state index in [1.54, 1.807) is 13.8 Å². The monoisotopic (exact) mass is 209 g/mol. The topological polar surface area (TPSA) is 113 Å². The first-order chi connectivity index (χ1) is 6.90. The number of hydrogen-bond donors (Lipinski definition) is 4. The minimum atomic E-state index is -0.805. The number of aromatic nitrogens is 2. The second-order valence-corrected chi connectivity index (χ2v) is 3.88. The molecule has 0 fully saturated rings. The number of nitrogens with two attached hydrogens (primary N) is 1. The number of carbonyl (C=O) groups is 1. The van der Waals surface area contributed by atoms with E-state index in [1.165, 1.54) is 0 Å². The largest absolute Gasteiger partial charge is 0.369 e. The van der Waals surface area contributed by atoms with Gasteiger partial charge in [-0.3, -0.25) is 14.6 Å². The van der Waals surface area contributed by atoms with Crippen molar-refractivity contribution in [3.8, 4) is 0 Å². The molecule has 0 aliphatic carbocycles. The van der Waals surface area contributed by atoms with Crippen LogP contribution in [0.4, 0.5) is 17.5 Å². The predicted octanol–water partition coefficient (Wildman–Crippen LogP) is -0.505. The van der Waals surface area contributed by atoms with Crippen LogP contribution in [0.15, 0.2) is 4.79 Å². The molecule has 0 atom stereocenters. The minimum absolute atomic E-state index is 0.0122. The van der Waals surface area contributed by atoms with Crippen molar-refractivity contribution >= 4 is 23.4 Å². The standard InChI is InChI=1S/C8H11N5O2/c1-8(2)6(15)10-3-4(13-8)11-7(9)12-5(3)14/h1-2H3,(H,10,15)(H4,9,11,12,13,14). The molecule has 0 unspecified atom stereocenters. The first-order valence-electron chi connectivity index (χ1n) is 4.39. The molecule has 1 amide bonds. The van der Waals surface area contributed by atoms with Crippen LogP contribution in [-0.2, 0) is 4.79 Å². The first-order valence-corrected chi connectivity index (χ1v) is 4.39. The molecule has 7 heteroatoms. The fourth-order valence-electron chi connectivity index (χ4n) is 1.32. The summed E-state index contributed by atoms with van der Waals surface area (Å²) in [6.45, 7) is 3.37. The molecule has 0 bridgehead atoms. The van der Waals surface area contributed by atoms with Crippen LogP contribution >= 0.6 is 0 Å². The van der Waals surface area contributed by atoms with Crippen LogP contribution in [0.2, 0.25) is 0 Å². The number of fused-ring (bicyclic) bond motifs is 1. The van der Waals surface area contributed by atoms with Gasteiger partial charge < -0.3 is 16.4 Å². The molecule has 0 saturated heterocycles. The Balaban J connectivity index is 2.60. The second-order valence-electron chi connectivity index (χ2n) is 3.88. The third-order valence-corrected chi connectivity index (χ3v) is 2.17. The Bertz CT molecular complexity index is 490. The number of nitrogen functional groups attached to an aromatic ring is 1. The zero-order valence-electron chi connectivity index (χ0n) is 8.34. The highest BCUT2D eigenvalue weighted by molar-refractivity contribution is 6.04. The van der Waals surface area contributed by atoms with Crippen molar-refractivity contribution in [1.29, 1.82) is 0 Å². The maximum absolute atomic E-state index is 11.5. The highest BCUT2D eigenvalue weighted by Gasteiger charge is 2.35. The van der Waals surface area contributed by atoms with E-state index in [0.717, 1.165) is 0 Å². The van der Waals surface area contributed by atoms with E-state index in [-0.39, 0.29) is 17.5 Å². The van der Waals surface area contributed by atoms with Gasteiger partial charge in [-0.1, -0.05) is 0 Å². The van der Waals surface area contributed by atoms with Gasteiger partial charge in [0.2, 0.25) is 11.9 Å². The van der Waals surface area contributed by atoms with Crippen LogP contribution in [0, 0.1) is 0 Å². The molecule has 0 aromatic carbocycles. The summed E-state index contributed by atoms with van der Waals surface area (Å²) in [7, 11) is 0. The number of rotatable bonds is 0. The third kappa shape index (κ3) is 1.41. The number of hydrogen-bond acceptors (Lipinski definition) is 5. The van der Waals surface area contributed by atoms with E-state index in [1.807, 2.05) is 0 Å². The van der Waals surface area contributed by atoms with E-state index in [0.29, 0.717) is 5.82 Å². The number of nitrogens with zero attached hydrogens (tertiary/aromatic N) is 1. The number of amides is 1. The Hall–Kier alpha value is -2.05. The van der Waals surface area contributed by atoms with Gasteiger partial charge in [0.1, 0.15) is 5.54 Å². The van der Waals surface area contributed by atoms with Gasteiger partial charge in [-0.25, -0.2) is 0 Å². The quantitative estimate of drug-likeness (QED) is 0.460. The molecule has 0 radical (unpaired) electrons. The molecule has 1 aliphatic heterocycles. The summed E-state index contributed by atoms with van der Waals surface area (Å²) >= 11 is 0. The summed E-state index contributed by atoms with van der Waals surface area (Å²) in [6.07, 6.45) is 0. The average molecular weight is 209 g/mol. The van der Waals surface area contributed by atoms with Crippen LogP contribution in [0.1, 0.15) is 13.8 Å². The number of anilines is 3. The van der Waals surface area contributed by atoms with Crippen molar-refractivity contribution in [3.63, 3.8) is 0 Å². The molecule has 15 heavy (non-hydrogen) atoms. The average Bonchev–Trinajstić information content (AvgIpc) is 2.08. The van der Waals surface area contributed by atoms with Crippen LogP contribution in [0.25, 0.3) is 0 Å². The zero-order chi connectivity index (χ0) is 11.2. The molecule has 1 aliphatic rings. The first kappa shape index (κ1) is 9.50. The van der Waals surface area contributed by atoms with Crippen LogP contribution in [0.5, 0.6) is 0 Å². The molecule has 7 nitrogen and oxygen atoms in total. The lowest BCUT2D eigenvalue weighted by molar-refractivity contribution is -0.119. The Kier molecular flexibility index (Phi) is 1.72. The smallest absolute Gasteiger partial charge is 0.278 e. The van der Waals surface area contributed by atoms with Crippen molar-refractivity contribution in [2.45, 2.75) is 19.4 Å². The van der Waals surface area contributed by atoms with Gasteiger partial charge in [-0.15, -0.1) is 0 Å². The zero-order valence-corrected chi connectivity index (χ0v) is 8.34. The number of nitrogens with one attached hydrogen (secondary N) is 3. The molecule has 0 spiro atoms. The van der Waals surface area contributed by atoms with Gasteiger partial charge in [0.15, 0.2) is 11.5 Å². The summed E-state index contributed by atoms with van der Waals surface area (Å²) in [5, 5.41) is 5.33. The SMILES string of the molecule is CC1(C)Nc2nc(N)[nH]c(=O)c2NC1=O. The van der Waals surface area contributed by atoms with E-state index in [2.05, 4.69) is 20.6 Å². The van der Waals surface area contributed by atoms with Gasteiger partial charge in [-0.2, -0.15) is 4.98 Å². The number of aromatic amines is 1. The second kappa shape index (κ2) is 2.72. The van der Waals surface area contributed by atoms with Gasteiger partial charge in [0.25, 0.3) is 5.56 Å². The lowest BCUT2D eigenvalue weighted by atomic mass is 10.0. The Morgan fingerprint density at radius 3 is 2.67 bits per heavy atom. The summed E-state index contributed by atoms with van der Waals surface area (Å²) in [4.78, 5) is 29.1. The number of carbonyl (C=O) groups excluding carboxylic acids is 1. The Morgan fingerprint density at radius 1 is 1.33 bits per heavy atom. The predicted molar refractivity (Wildman–Crippen MR) is 55.6 cm³/mol. The van der Waals surface area contributed by atoms with Crippen LogP contribution in [0.3, 0.4) is 0 Å². The molecule has 2 rings (SSSR count). The normalized spacial score (nSPS) is 17.6. The van der Waals surface area contributed by atoms with E-state index in [9.17, 15) is 9.59 Å². The number of H-pyrrole nitrogens is 1. The molecule has 80 valence electrons. The van der Waals surface area contributed by atoms with Gasteiger partial charge in [0.05, 0.1) is 0 Å². The molecular formula is C8H11N5O2. The summed E-state index contributed by atoms with van der Waals surface area (Å²) in [6, 6.07) is 0. The highest BCUT2D eigenvalue weighted by atomic mass is 16.2. The van der Waals surface area contributed by atoms with Crippen LogP contribution in [-0.4, -0.2) is 21.4 Å². The lowest BCUT2D eigenvalue weighted by Crippen LogP contribution is -2.49. The molecule has 1 aromatic heterocycles. The maximum atomic E-state index is 11.5.